The Balaban J connectivity index is 2.36. The monoisotopic (exact) mass is 272 g/mol. The molecule has 7 heteroatoms. The first-order valence-electron chi connectivity index (χ1n) is 5.76. The van der Waals surface area contributed by atoms with E-state index >= 15 is 0 Å². The van der Waals surface area contributed by atoms with Gasteiger partial charge in [0, 0.05) is 24.0 Å². The van der Waals surface area contributed by atoms with E-state index in [9.17, 15) is 14.9 Å². The third-order valence-electron chi connectivity index (χ3n) is 2.79. The first-order valence-corrected chi connectivity index (χ1v) is 5.76. The molecule has 0 saturated heterocycles. The summed E-state index contributed by atoms with van der Waals surface area (Å²) in [5.41, 5.74) is 6.31. The maximum absolute atomic E-state index is 12.1. The molecule has 0 unspecified atom stereocenters. The molecular formula is C13H12N4O3. The normalized spacial score (nSPS) is 10.1. The van der Waals surface area contributed by atoms with Crippen molar-refractivity contribution < 1.29 is 9.72 Å². The molecule has 3 N–H and O–H groups in total. The van der Waals surface area contributed by atoms with Gasteiger partial charge in [-0.2, -0.15) is 0 Å². The Morgan fingerprint density at radius 1 is 1.40 bits per heavy atom. The highest BCUT2D eigenvalue weighted by Gasteiger charge is 2.17. The number of amides is 1. The van der Waals surface area contributed by atoms with E-state index in [2.05, 4.69) is 10.3 Å². The largest absolute Gasteiger partial charge is 0.398 e. The van der Waals surface area contributed by atoms with Gasteiger partial charge in [0.15, 0.2) is 0 Å². The SMILES string of the molecule is Cc1c(N)cc([N+](=O)[O-])cc1C(=O)Nc1ccccn1. The van der Waals surface area contributed by atoms with Crippen molar-refractivity contribution in [3.8, 4) is 0 Å². The summed E-state index contributed by atoms with van der Waals surface area (Å²) in [6, 6.07) is 7.48. The Labute approximate surface area is 114 Å². The van der Waals surface area contributed by atoms with E-state index in [4.69, 9.17) is 5.73 Å². The molecule has 20 heavy (non-hydrogen) atoms. The van der Waals surface area contributed by atoms with E-state index in [1.807, 2.05) is 0 Å². The fourth-order valence-electron chi connectivity index (χ4n) is 1.68. The van der Waals surface area contributed by atoms with Gasteiger partial charge in [0.1, 0.15) is 5.82 Å². The van der Waals surface area contributed by atoms with Crippen LogP contribution >= 0.6 is 0 Å². The van der Waals surface area contributed by atoms with Gasteiger partial charge in [-0.25, -0.2) is 4.98 Å². The summed E-state index contributed by atoms with van der Waals surface area (Å²) in [7, 11) is 0. The minimum Gasteiger partial charge on any atom is -0.398 e. The molecule has 2 aromatic rings. The second kappa shape index (κ2) is 5.35. The highest BCUT2D eigenvalue weighted by atomic mass is 16.6. The molecule has 0 aliphatic rings. The Morgan fingerprint density at radius 2 is 2.15 bits per heavy atom. The standard InChI is InChI=1S/C13H12N4O3/c1-8-10(6-9(17(19)20)7-11(8)14)13(18)16-12-4-2-3-5-15-12/h2-7H,14H2,1H3,(H,15,16,18). The number of anilines is 2. The zero-order valence-corrected chi connectivity index (χ0v) is 10.7. The molecule has 0 bridgehead atoms. The fourth-order valence-corrected chi connectivity index (χ4v) is 1.68. The minimum absolute atomic E-state index is 0.155. The second-order valence-corrected chi connectivity index (χ2v) is 4.13. The number of nitro groups is 1. The highest BCUT2D eigenvalue weighted by Crippen LogP contribution is 2.24. The van der Waals surface area contributed by atoms with Crippen LogP contribution in [0.5, 0.6) is 0 Å². The van der Waals surface area contributed by atoms with Crippen LogP contribution in [-0.2, 0) is 0 Å². The molecule has 0 saturated carbocycles. The van der Waals surface area contributed by atoms with Crippen LogP contribution in [0, 0.1) is 17.0 Å². The lowest BCUT2D eigenvalue weighted by molar-refractivity contribution is -0.384. The molecule has 1 heterocycles. The van der Waals surface area contributed by atoms with Gasteiger partial charge in [-0.1, -0.05) is 6.07 Å². The molecule has 0 atom stereocenters. The fraction of sp³-hybridized carbons (Fsp3) is 0.0769. The average molecular weight is 272 g/mol. The van der Waals surface area contributed by atoms with E-state index < -0.39 is 10.8 Å². The van der Waals surface area contributed by atoms with Gasteiger partial charge in [-0.15, -0.1) is 0 Å². The smallest absolute Gasteiger partial charge is 0.272 e. The van der Waals surface area contributed by atoms with E-state index in [1.165, 1.54) is 18.3 Å². The Morgan fingerprint density at radius 3 is 2.75 bits per heavy atom. The van der Waals surface area contributed by atoms with Crippen LogP contribution < -0.4 is 11.1 Å². The summed E-state index contributed by atoms with van der Waals surface area (Å²) < 4.78 is 0. The van der Waals surface area contributed by atoms with Gasteiger partial charge in [0.05, 0.1) is 10.5 Å². The number of nitrogen functional groups attached to an aromatic ring is 1. The number of hydrogen-bond donors (Lipinski definition) is 2. The zero-order chi connectivity index (χ0) is 14.7. The third kappa shape index (κ3) is 2.72. The number of nitrogens with two attached hydrogens (primary N) is 1. The quantitative estimate of drug-likeness (QED) is 0.505. The molecular weight excluding hydrogens is 260 g/mol. The highest BCUT2D eigenvalue weighted by molar-refractivity contribution is 6.06. The van der Waals surface area contributed by atoms with Crippen LogP contribution in [0.2, 0.25) is 0 Å². The van der Waals surface area contributed by atoms with Crippen LogP contribution in [0.15, 0.2) is 36.5 Å². The van der Waals surface area contributed by atoms with Gasteiger partial charge >= 0.3 is 0 Å². The average Bonchev–Trinajstić information content (AvgIpc) is 2.42. The van der Waals surface area contributed by atoms with Gasteiger partial charge in [-0.3, -0.25) is 14.9 Å². The summed E-state index contributed by atoms with van der Waals surface area (Å²) >= 11 is 0. The molecule has 102 valence electrons. The zero-order valence-electron chi connectivity index (χ0n) is 10.7. The van der Waals surface area contributed by atoms with Crippen LogP contribution in [-0.4, -0.2) is 15.8 Å². The lowest BCUT2D eigenvalue weighted by atomic mass is 10.0. The molecule has 1 aromatic carbocycles. The number of pyridine rings is 1. The number of carbonyl (C=O) groups excluding carboxylic acids is 1. The van der Waals surface area contributed by atoms with E-state index in [1.54, 1.807) is 25.1 Å². The number of rotatable bonds is 3. The predicted molar refractivity (Wildman–Crippen MR) is 74.4 cm³/mol. The van der Waals surface area contributed by atoms with Crippen LogP contribution in [0.25, 0.3) is 0 Å². The first kappa shape index (κ1) is 13.5. The van der Waals surface area contributed by atoms with Gasteiger partial charge in [0.25, 0.3) is 11.6 Å². The van der Waals surface area contributed by atoms with Crippen molar-refractivity contribution in [2.45, 2.75) is 6.92 Å². The minimum atomic E-state index is -0.590. The summed E-state index contributed by atoms with van der Waals surface area (Å²) in [6.45, 7) is 1.63. The van der Waals surface area contributed by atoms with E-state index in [-0.39, 0.29) is 16.9 Å². The topological polar surface area (TPSA) is 111 Å². The molecule has 0 spiro atoms. The lowest BCUT2D eigenvalue weighted by Crippen LogP contribution is -2.15. The second-order valence-electron chi connectivity index (χ2n) is 4.13. The summed E-state index contributed by atoms with van der Waals surface area (Å²) in [6.07, 6.45) is 1.53. The molecule has 1 amide bonds. The van der Waals surface area contributed by atoms with E-state index in [0.717, 1.165) is 0 Å². The van der Waals surface area contributed by atoms with Crippen molar-refractivity contribution in [3.05, 3.63) is 57.8 Å². The summed E-state index contributed by atoms with van der Waals surface area (Å²) in [5, 5.41) is 13.4. The molecule has 0 aliphatic heterocycles. The number of nitrogens with one attached hydrogen (secondary N) is 1. The number of nitrogens with zero attached hydrogens (tertiary/aromatic N) is 2. The van der Waals surface area contributed by atoms with Crippen molar-refractivity contribution in [3.63, 3.8) is 0 Å². The van der Waals surface area contributed by atoms with Crippen molar-refractivity contribution in [2.24, 2.45) is 0 Å². The maximum atomic E-state index is 12.1. The predicted octanol–water partition coefficient (Wildman–Crippen LogP) is 2.13. The molecule has 1 aromatic heterocycles. The Hall–Kier alpha value is -2.96. The number of aromatic nitrogens is 1. The van der Waals surface area contributed by atoms with Crippen molar-refractivity contribution in [2.75, 3.05) is 11.1 Å². The molecule has 0 fully saturated rings. The lowest BCUT2D eigenvalue weighted by Gasteiger charge is -2.09. The maximum Gasteiger partial charge on any atom is 0.272 e. The van der Waals surface area contributed by atoms with Crippen LogP contribution in [0.1, 0.15) is 15.9 Å². The van der Waals surface area contributed by atoms with Crippen molar-refractivity contribution >= 4 is 23.1 Å². The molecule has 0 aliphatic carbocycles. The first-order chi connectivity index (χ1) is 9.49. The van der Waals surface area contributed by atoms with Crippen LogP contribution in [0.3, 0.4) is 0 Å². The Bertz CT molecular complexity index is 671. The summed E-state index contributed by atoms with van der Waals surface area (Å²) in [4.78, 5) is 26.3. The number of nitro benzene ring substituents is 1. The van der Waals surface area contributed by atoms with E-state index in [0.29, 0.717) is 11.4 Å². The van der Waals surface area contributed by atoms with Crippen molar-refractivity contribution in [1.82, 2.24) is 4.98 Å². The third-order valence-corrected chi connectivity index (χ3v) is 2.79. The number of non-ortho nitro benzene ring substituents is 1. The molecule has 0 radical (unpaired) electrons. The number of carbonyl (C=O) groups is 1. The van der Waals surface area contributed by atoms with Crippen molar-refractivity contribution in [1.29, 1.82) is 0 Å². The molecule has 2 rings (SSSR count). The van der Waals surface area contributed by atoms with Crippen LogP contribution in [0.4, 0.5) is 17.2 Å². The molecule has 7 nitrogen and oxygen atoms in total. The van der Waals surface area contributed by atoms with Gasteiger partial charge < -0.3 is 11.1 Å². The van der Waals surface area contributed by atoms with Gasteiger partial charge in [0.2, 0.25) is 0 Å². The Kier molecular flexibility index (Phi) is 3.60. The number of benzene rings is 1. The number of hydrogen-bond acceptors (Lipinski definition) is 5. The van der Waals surface area contributed by atoms with Gasteiger partial charge in [-0.05, 0) is 24.6 Å². The summed E-state index contributed by atoms with van der Waals surface area (Å²) in [5.74, 6) is -0.126.